The molecule has 0 rings (SSSR count). The molecule has 0 aromatic carbocycles. The van der Waals surface area contributed by atoms with E-state index in [-0.39, 0.29) is 29.6 Å². The van der Waals surface area contributed by atoms with Crippen molar-refractivity contribution in [3.05, 3.63) is 0 Å². The van der Waals surface area contributed by atoms with Gasteiger partial charge in [-0.25, -0.2) is 0 Å². The van der Waals surface area contributed by atoms with Gasteiger partial charge in [-0.3, -0.25) is 4.79 Å². The van der Waals surface area contributed by atoms with Crippen molar-refractivity contribution in [2.75, 3.05) is 0 Å². The molecular formula is C4H11NaO3Si. The van der Waals surface area contributed by atoms with E-state index >= 15 is 0 Å². The number of rotatable bonds is 2. The SMILES string of the molecule is C[SiH2]OC(=O)C(C)O.[NaH]. The van der Waals surface area contributed by atoms with Crippen molar-refractivity contribution in [2.45, 2.75) is 19.6 Å². The summed E-state index contributed by atoms with van der Waals surface area (Å²) in [7, 11) is -0.686. The molecule has 0 aromatic rings. The first-order chi connectivity index (χ1) is 3.68. The fourth-order valence-electron chi connectivity index (χ4n) is 0.263. The van der Waals surface area contributed by atoms with Crippen LogP contribution in [-0.4, -0.2) is 56.5 Å². The normalized spacial score (nSPS) is 12.8. The first-order valence-corrected chi connectivity index (χ1v) is 4.52. The first-order valence-electron chi connectivity index (χ1n) is 2.53. The number of carbonyl (C=O) groups is 1. The molecule has 0 amide bonds. The molecule has 0 saturated carbocycles. The predicted molar refractivity (Wildman–Crippen MR) is 39.3 cm³/mol. The summed E-state index contributed by atoms with van der Waals surface area (Å²) in [5.41, 5.74) is 0. The molecule has 0 aliphatic rings. The molecule has 0 radical (unpaired) electrons. The number of hydrogen-bond acceptors (Lipinski definition) is 3. The number of aliphatic hydroxyl groups is 1. The number of hydrogen-bond donors (Lipinski definition) is 1. The predicted octanol–water partition coefficient (Wildman–Crippen LogP) is -1.61. The van der Waals surface area contributed by atoms with Crippen LogP contribution in [0, 0.1) is 0 Å². The molecule has 0 saturated heterocycles. The van der Waals surface area contributed by atoms with Crippen LogP contribution < -0.4 is 0 Å². The topological polar surface area (TPSA) is 46.5 Å². The molecular weight excluding hydrogens is 147 g/mol. The van der Waals surface area contributed by atoms with Gasteiger partial charge in [-0.2, -0.15) is 0 Å². The summed E-state index contributed by atoms with van der Waals surface area (Å²) < 4.78 is 4.55. The second kappa shape index (κ2) is 6.76. The van der Waals surface area contributed by atoms with Gasteiger partial charge in [-0.1, -0.05) is 0 Å². The molecule has 1 unspecified atom stereocenters. The maximum absolute atomic E-state index is 10.3. The van der Waals surface area contributed by atoms with Crippen LogP contribution in [-0.2, 0) is 9.22 Å². The first kappa shape index (κ1) is 12.3. The van der Waals surface area contributed by atoms with E-state index in [1.807, 2.05) is 6.55 Å². The van der Waals surface area contributed by atoms with Gasteiger partial charge in [0.1, 0.15) is 6.10 Å². The Morgan fingerprint density at radius 3 is 2.33 bits per heavy atom. The Balaban J connectivity index is 0. The summed E-state index contributed by atoms with van der Waals surface area (Å²) in [6, 6.07) is 0. The van der Waals surface area contributed by atoms with Crippen molar-refractivity contribution in [1.82, 2.24) is 0 Å². The third-order valence-corrected chi connectivity index (χ3v) is 1.20. The monoisotopic (exact) mass is 158 g/mol. The van der Waals surface area contributed by atoms with Gasteiger partial charge in [0.15, 0.2) is 0 Å². The van der Waals surface area contributed by atoms with Gasteiger partial charge < -0.3 is 9.53 Å². The molecule has 3 nitrogen and oxygen atoms in total. The Bertz CT molecular complexity index is 85.9. The molecule has 0 aliphatic carbocycles. The molecule has 0 aromatic heterocycles. The van der Waals surface area contributed by atoms with Gasteiger partial charge in [-0.15, -0.1) is 0 Å². The van der Waals surface area contributed by atoms with Crippen molar-refractivity contribution < 1.29 is 14.3 Å². The second-order valence-electron chi connectivity index (χ2n) is 1.43. The molecule has 9 heavy (non-hydrogen) atoms. The van der Waals surface area contributed by atoms with Crippen LogP contribution >= 0.6 is 0 Å². The average molecular weight is 158 g/mol. The summed E-state index contributed by atoms with van der Waals surface area (Å²) >= 11 is 0. The Morgan fingerprint density at radius 2 is 2.22 bits per heavy atom. The van der Waals surface area contributed by atoms with Crippen LogP contribution in [0.3, 0.4) is 0 Å². The van der Waals surface area contributed by atoms with Crippen LogP contribution in [0.1, 0.15) is 6.92 Å². The Kier molecular flexibility index (Phi) is 9.27. The van der Waals surface area contributed by atoms with E-state index in [4.69, 9.17) is 5.11 Å². The molecule has 0 spiro atoms. The van der Waals surface area contributed by atoms with Gasteiger partial charge in [-0.05, 0) is 13.5 Å². The quantitative estimate of drug-likeness (QED) is 0.492. The Labute approximate surface area is 79.0 Å². The molecule has 0 bridgehead atoms. The fraction of sp³-hybridized carbons (Fsp3) is 0.750. The molecule has 5 heteroatoms. The fourth-order valence-corrected chi connectivity index (χ4v) is 0.789. The van der Waals surface area contributed by atoms with Crippen LogP contribution in [0.4, 0.5) is 0 Å². The van der Waals surface area contributed by atoms with E-state index in [0.29, 0.717) is 0 Å². The summed E-state index contributed by atoms with van der Waals surface area (Å²) in [6.45, 7) is 3.23. The molecule has 50 valence electrons. The summed E-state index contributed by atoms with van der Waals surface area (Å²) in [5, 5.41) is 8.50. The van der Waals surface area contributed by atoms with Crippen molar-refractivity contribution in [3.8, 4) is 0 Å². The summed E-state index contributed by atoms with van der Waals surface area (Å²) in [6.07, 6.45) is -0.956. The third-order valence-electron chi connectivity index (χ3n) is 0.628. The van der Waals surface area contributed by atoms with E-state index in [1.54, 1.807) is 0 Å². The molecule has 0 heterocycles. The van der Waals surface area contributed by atoms with Gasteiger partial charge in [0.05, 0.1) is 0 Å². The zero-order valence-corrected chi connectivity index (χ0v) is 6.46. The number of aliphatic hydroxyl groups excluding tert-OH is 1. The Hall–Kier alpha value is 0.647. The number of carbonyl (C=O) groups excluding carboxylic acids is 1. The van der Waals surface area contributed by atoms with Gasteiger partial charge in [0.25, 0.3) is 0 Å². The molecule has 0 aliphatic heterocycles. The second-order valence-corrected chi connectivity index (χ2v) is 2.29. The molecule has 1 N–H and O–H groups in total. The van der Waals surface area contributed by atoms with Gasteiger partial charge in [0.2, 0.25) is 9.76 Å². The van der Waals surface area contributed by atoms with Crippen LogP contribution in [0.15, 0.2) is 0 Å². The van der Waals surface area contributed by atoms with Crippen LogP contribution in [0.25, 0.3) is 0 Å². The van der Waals surface area contributed by atoms with E-state index in [2.05, 4.69) is 4.43 Å². The molecule has 0 fully saturated rings. The van der Waals surface area contributed by atoms with Crippen molar-refractivity contribution in [3.63, 3.8) is 0 Å². The van der Waals surface area contributed by atoms with Gasteiger partial charge in [0, 0.05) is 0 Å². The molecule has 1 atom stereocenters. The van der Waals surface area contributed by atoms with Gasteiger partial charge >= 0.3 is 35.5 Å². The average Bonchev–Trinajstić information content (AvgIpc) is 1.67. The van der Waals surface area contributed by atoms with Crippen molar-refractivity contribution in [1.29, 1.82) is 0 Å². The zero-order valence-electron chi connectivity index (χ0n) is 5.05. The van der Waals surface area contributed by atoms with E-state index in [1.165, 1.54) is 6.92 Å². The Morgan fingerprint density at radius 1 is 1.78 bits per heavy atom. The maximum atomic E-state index is 10.3. The standard InChI is InChI=1S/C4H10O3Si.Na.H/c1-3(5)4(6)7-8-2;;/h3,5H,8H2,1-2H3;;. The summed E-state index contributed by atoms with van der Waals surface area (Å²) in [4.78, 5) is 10.3. The third kappa shape index (κ3) is 6.53. The minimum atomic E-state index is -0.956. The van der Waals surface area contributed by atoms with E-state index in [0.717, 1.165) is 0 Å². The van der Waals surface area contributed by atoms with Crippen molar-refractivity contribution >= 4 is 45.3 Å². The summed E-state index contributed by atoms with van der Waals surface area (Å²) in [5.74, 6) is -0.501. The minimum absolute atomic E-state index is 0. The van der Waals surface area contributed by atoms with E-state index in [9.17, 15) is 4.79 Å². The van der Waals surface area contributed by atoms with Crippen LogP contribution in [0.2, 0.25) is 6.55 Å². The van der Waals surface area contributed by atoms with E-state index < -0.39 is 21.8 Å². The van der Waals surface area contributed by atoms with Crippen LogP contribution in [0.5, 0.6) is 0 Å². The van der Waals surface area contributed by atoms with Crippen molar-refractivity contribution in [2.24, 2.45) is 0 Å². The zero-order chi connectivity index (χ0) is 6.57.